The highest BCUT2D eigenvalue weighted by atomic mass is 32.1. The average Bonchev–Trinajstić information content (AvgIpc) is 2.49. The van der Waals surface area contributed by atoms with E-state index in [4.69, 9.17) is 22.7 Å². The van der Waals surface area contributed by atoms with E-state index in [0.717, 1.165) is 41.0 Å². The van der Waals surface area contributed by atoms with Gasteiger partial charge in [0.15, 0.2) is 0 Å². The molecule has 1 aromatic heterocycles. The molecule has 0 atom stereocenters. The highest BCUT2D eigenvalue weighted by Crippen LogP contribution is 2.33. The van der Waals surface area contributed by atoms with Gasteiger partial charge in [0.25, 0.3) is 0 Å². The molecule has 0 unspecified atom stereocenters. The van der Waals surface area contributed by atoms with Gasteiger partial charge in [-0.2, -0.15) is 0 Å². The normalized spacial score (nSPS) is 22.1. The first-order valence-electron chi connectivity index (χ1n) is 7.49. The van der Waals surface area contributed by atoms with Gasteiger partial charge >= 0.3 is 0 Å². The van der Waals surface area contributed by atoms with Crippen LogP contribution >= 0.6 is 12.2 Å². The second kappa shape index (κ2) is 5.98. The minimum Gasteiger partial charge on any atom is -0.489 e. The van der Waals surface area contributed by atoms with Crippen molar-refractivity contribution in [2.24, 2.45) is 11.7 Å². The van der Waals surface area contributed by atoms with Gasteiger partial charge in [-0.15, -0.1) is 0 Å². The van der Waals surface area contributed by atoms with Gasteiger partial charge in [0.05, 0.1) is 17.2 Å². The van der Waals surface area contributed by atoms with Gasteiger partial charge < -0.3 is 10.5 Å². The van der Waals surface area contributed by atoms with Crippen molar-refractivity contribution in [1.29, 1.82) is 0 Å². The third-order valence-electron chi connectivity index (χ3n) is 4.24. The van der Waals surface area contributed by atoms with Crippen LogP contribution < -0.4 is 10.5 Å². The number of thiocarbonyl (C=S) groups is 1. The van der Waals surface area contributed by atoms with Crippen molar-refractivity contribution in [1.82, 2.24) is 4.98 Å². The van der Waals surface area contributed by atoms with Crippen molar-refractivity contribution in [3.63, 3.8) is 0 Å². The van der Waals surface area contributed by atoms with Crippen molar-refractivity contribution in [3.8, 4) is 5.75 Å². The topological polar surface area (TPSA) is 48.1 Å². The molecule has 1 aromatic carbocycles. The Labute approximate surface area is 130 Å². The summed E-state index contributed by atoms with van der Waals surface area (Å²) in [5, 5.41) is 0.987. The maximum atomic E-state index is 6.30. The van der Waals surface area contributed by atoms with Crippen molar-refractivity contribution >= 4 is 28.1 Å². The van der Waals surface area contributed by atoms with E-state index in [9.17, 15) is 0 Å². The Morgan fingerprint density at radius 1 is 1.24 bits per heavy atom. The first-order valence-corrected chi connectivity index (χ1v) is 7.90. The van der Waals surface area contributed by atoms with E-state index in [1.807, 2.05) is 24.3 Å². The molecular weight excluding hydrogens is 280 g/mol. The molecule has 1 saturated carbocycles. The highest BCUT2D eigenvalue weighted by Gasteiger charge is 2.22. The fourth-order valence-electron chi connectivity index (χ4n) is 2.93. The minimum absolute atomic E-state index is 0.250. The van der Waals surface area contributed by atoms with Gasteiger partial charge in [-0.3, -0.25) is 4.98 Å². The molecule has 0 aliphatic heterocycles. The summed E-state index contributed by atoms with van der Waals surface area (Å²) in [6, 6.07) is 7.96. The Kier molecular flexibility index (Phi) is 4.06. The van der Waals surface area contributed by atoms with Crippen molar-refractivity contribution < 1.29 is 4.74 Å². The van der Waals surface area contributed by atoms with Crippen LogP contribution in [-0.4, -0.2) is 16.1 Å². The van der Waals surface area contributed by atoms with Crippen molar-refractivity contribution in [3.05, 3.63) is 36.0 Å². The predicted molar refractivity (Wildman–Crippen MR) is 89.7 cm³/mol. The lowest BCUT2D eigenvalue weighted by Gasteiger charge is -2.28. The molecule has 0 radical (unpaired) electrons. The van der Waals surface area contributed by atoms with Crippen LogP contribution in [-0.2, 0) is 0 Å². The zero-order valence-electron chi connectivity index (χ0n) is 12.2. The molecule has 1 aliphatic rings. The number of hydrogen-bond acceptors (Lipinski definition) is 3. The fourth-order valence-corrected chi connectivity index (χ4v) is 3.08. The van der Waals surface area contributed by atoms with E-state index in [2.05, 4.69) is 11.9 Å². The summed E-state index contributed by atoms with van der Waals surface area (Å²) in [5.74, 6) is 1.60. The van der Waals surface area contributed by atoms with Crippen LogP contribution in [0.1, 0.15) is 38.2 Å². The first kappa shape index (κ1) is 14.3. The smallest absolute Gasteiger partial charge is 0.140 e. The Bertz CT molecular complexity index is 663. The van der Waals surface area contributed by atoms with Gasteiger partial charge in [0.1, 0.15) is 10.7 Å². The van der Waals surface area contributed by atoms with Gasteiger partial charge in [-0.25, -0.2) is 0 Å². The number of aromatic nitrogens is 1. The summed E-state index contributed by atoms with van der Waals surface area (Å²) in [6.07, 6.45) is 6.60. The van der Waals surface area contributed by atoms with Crippen molar-refractivity contribution in [2.45, 2.75) is 38.7 Å². The number of rotatable bonds is 3. The molecule has 1 fully saturated rings. The maximum absolute atomic E-state index is 6.30. The molecule has 1 aliphatic carbocycles. The quantitative estimate of drug-likeness (QED) is 0.875. The second-order valence-electron chi connectivity index (χ2n) is 5.88. The van der Waals surface area contributed by atoms with Crippen LogP contribution in [0.4, 0.5) is 0 Å². The molecule has 0 spiro atoms. The molecule has 2 aromatic rings. The summed E-state index contributed by atoms with van der Waals surface area (Å²) in [6.45, 7) is 2.30. The molecule has 110 valence electrons. The Hall–Kier alpha value is -1.68. The van der Waals surface area contributed by atoms with E-state index in [1.165, 1.54) is 12.8 Å². The monoisotopic (exact) mass is 300 g/mol. The highest BCUT2D eigenvalue weighted by molar-refractivity contribution is 7.80. The van der Waals surface area contributed by atoms with Crippen LogP contribution in [0.25, 0.3) is 10.9 Å². The van der Waals surface area contributed by atoms with E-state index >= 15 is 0 Å². The first-order chi connectivity index (χ1) is 10.1. The summed E-state index contributed by atoms with van der Waals surface area (Å²) >= 11 is 5.16. The van der Waals surface area contributed by atoms with Gasteiger partial charge in [0, 0.05) is 11.6 Å². The Morgan fingerprint density at radius 3 is 2.67 bits per heavy atom. The molecule has 21 heavy (non-hydrogen) atoms. The molecule has 1 heterocycles. The fraction of sp³-hybridized carbons (Fsp3) is 0.412. The van der Waals surface area contributed by atoms with Gasteiger partial charge in [-0.1, -0.05) is 31.3 Å². The second-order valence-corrected chi connectivity index (χ2v) is 6.32. The minimum atomic E-state index is 0.250. The molecular formula is C17H20N2OS. The molecule has 0 amide bonds. The molecule has 3 nitrogen and oxygen atoms in total. The number of nitrogens with two attached hydrogens (primary N) is 1. The summed E-state index contributed by atoms with van der Waals surface area (Å²) in [7, 11) is 0. The maximum Gasteiger partial charge on any atom is 0.140 e. The van der Waals surface area contributed by atoms with E-state index in [0.29, 0.717) is 4.99 Å². The van der Waals surface area contributed by atoms with E-state index in [1.54, 1.807) is 6.20 Å². The zero-order valence-corrected chi connectivity index (χ0v) is 13.0. The van der Waals surface area contributed by atoms with Crippen molar-refractivity contribution in [2.75, 3.05) is 0 Å². The van der Waals surface area contributed by atoms with Crippen LogP contribution in [0.15, 0.2) is 30.5 Å². The largest absolute Gasteiger partial charge is 0.489 e. The number of hydrogen-bond donors (Lipinski definition) is 1. The Morgan fingerprint density at radius 2 is 1.95 bits per heavy atom. The van der Waals surface area contributed by atoms with Gasteiger partial charge in [-0.05, 0) is 43.7 Å². The van der Waals surface area contributed by atoms with Crippen LogP contribution in [0.5, 0.6) is 5.75 Å². The summed E-state index contributed by atoms with van der Waals surface area (Å²) in [5.41, 5.74) is 7.50. The third kappa shape index (κ3) is 3.00. The number of nitrogens with zero attached hydrogens (tertiary/aromatic N) is 1. The number of pyridine rings is 1. The molecule has 0 bridgehead atoms. The number of para-hydroxylation sites is 1. The summed E-state index contributed by atoms with van der Waals surface area (Å²) in [4.78, 5) is 4.76. The van der Waals surface area contributed by atoms with Crippen LogP contribution in [0.3, 0.4) is 0 Å². The lowest BCUT2D eigenvalue weighted by Crippen LogP contribution is -2.24. The zero-order chi connectivity index (χ0) is 14.8. The average molecular weight is 300 g/mol. The van der Waals surface area contributed by atoms with E-state index in [-0.39, 0.29) is 6.10 Å². The lowest BCUT2D eigenvalue weighted by molar-refractivity contribution is 0.137. The standard InChI is InChI=1S/C17H20N2OS/c1-11-6-8-12(9-7-11)20-16-13-4-2-3-5-15(13)19-10-14(16)17(18)21/h2-5,10-12H,6-9H2,1H3,(H2,18,21). The molecule has 3 rings (SSSR count). The number of fused-ring (bicyclic) bond motifs is 1. The lowest BCUT2D eigenvalue weighted by atomic mass is 9.89. The molecule has 2 N–H and O–H groups in total. The van der Waals surface area contributed by atoms with Gasteiger partial charge in [0.2, 0.25) is 0 Å². The summed E-state index contributed by atoms with van der Waals surface area (Å²) < 4.78 is 6.30. The SMILES string of the molecule is CC1CCC(Oc2c(C(N)=S)cnc3ccccc23)CC1. The van der Waals surface area contributed by atoms with E-state index < -0.39 is 0 Å². The predicted octanol–water partition coefficient (Wildman–Crippen LogP) is 3.83. The van der Waals surface area contributed by atoms with Crippen LogP contribution in [0.2, 0.25) is 0 Å². The number of ether oxygens (including phenoxy) is 1. The molecule has 0 saturated heterocycles. The Balaban J connectivity index is 1.98. The molecule has 4 heteroatoms. The third-order valence-corrected chi connectivity index (χ3v) is 4.46. The number of benzene rings is 1. The van der Waals surface area contributed by atoms with Crippen LogP contribution in [0, 0.1) is 5.92 Å².